The van der Waals surface area contributed by atoms with E-state index in [-0.39, 0.29) is 25.3 Å². The number of hydrogen-bond donors (Lipinski definition) is 3. The summed E-state index contributed by atoms with van der Waals surface area (Å²) in [5.41, 5.74) is 0.542. The van der Waals surface area contributed by atoms with E-state index in [0.717, 1.165) is 36.0 Å². The molecule has 1 aromatic carbocycles. The van der Waals surface area contributed by atoms with Crippen LogP contribution < -0.4 is 15.4 Å². The van der Waals surface area contributed by atoms with E-state index >= 15 is 0 Å². The van der Waals surface area contributed by atoms with Crippen molar-refractivity contribution in [3.05, 3.63) is 53.6 Å². The molecule has 5 amide bonds. The topological polar surface area (TPSA) is 181 Å². The first kappa shape index (κ1) is 37.9. The van der Waals surface area contributed by atoms with Gasteiger partial charge in [-0.1, -0.05) is 55.7 Å². The maximum Gasteiger partial charge on any atom is 0.410 e. The van der Waals surface area contributed by atoms with E-state index in [1.54, 1.807) is 4.90 Å². The molecule has 54 heavy (non-hydrogen) atoms. The number of nitrogens with zero attached hydrogens (tertiary/aromatic N) is 2. The van der Waals surface area contributed by atoms with Crippen LogP contribution in [0.25, 0.3) is 6.08 Å². The molecule has 292 valence electrons. The van der Waals surface area contributed by atoms with Crippen LogP contribution in [0.15, 0.2) is 36.9 Å². The summed E-state index contributed by atoms with van der Waals surface area (Å²) in [6, 6.07) is 3.69. The number of amides is 5. The molecule has 5 atom stereocenters. The fraction of sp³-hybridized carbons (Fsp3) is 0.615. The van der Waals surface area contributed by atoms with Gasteiger partial charge in [-0.3, -0.25) is 24.0 Å². The number of benzene rings is 1. The predicted molar refractivity (Wildman–Crippen MR) is 198 cm³/mol. The molecule has 3 heterocycles. The normalized spacial score (nSPS) is 30.8. The van der Waals surface area contributed by atoms with Crippen LogP contribution in [0.3, 0.4) is 0 Å². The highest BCUT2D eigenvalue weighted by atomic mass is 32.2. The van der Waals surface area contributed by atoms with Gasteiger partial charge >= 0.3 is 12.2 Å². The summed E-state index contributed by atoms with van der Waals surface area (Å²) in [5.74, 6) is -2.81. The Morgan fingerprint density at radius 3 is 2.52 bits per heavy atom. The summed E-state index contributed by atoms with van der Waals surface area (Å²) in [4.78, 5) is 72.7. The highest BCUT2D eigenvalue weighted by molar-refractivity contribution is 7.91. The van der Waals surface area contributed by atoms with Crippen LogP contribution in [-0.4, -0.2) is 89.2 Å². The third-order valence-corrected chi connectivity index (χ3v) is 13.7. The van der Waals surface area contributed by atoms with Crippen LogP contribution in [0.4, 0.5) is 9.59 Å². The first-order valence-corrected chi connectivity index (χ1v) is 20.8. The number of nitrogens with one attached hydrogen (secondary N) is 3. The van der Waals surface area contributed by atoms with Gasteiger partial charge in [0.2, 0.25) is 21.8 Å². The Bertz CT molecular complexity index is 1850. The second-order valence-corrected chi connectivity index (χ2v) is 18.3. The summed E-state index contributed by atoms with van der Waals surface area (Å²) >= 11 is 0. The standard InChI is InChI=1S/C39H51N5O9S/c1-4-27-20-39(27,35(47)42-54(50,51)29-16-17-29)41-33(45)31-19-28-22-44(31)34(46)32(25-12-6-5-7-13-25)40-36(48)53-38(2,3)18-9-8-11-24-14-10-15-26-21-43(23-30(24)26)37(49)52-28/h4,8,10-11,14-15,25,27-29,31-32H,1,5-7,9,12-13,16-23H2,2-3H3,(H,40,48)(H,41,45)(H,42,47)/b11-8+/t27-,28-,31+,32+,39+/m1/s1. The number of carbonyl (C=O) groups excluding carboxylic acids is 5. The van der Waals surface area contributed by atoms with Crippen molar-refractivity contribution < 1.29 is 41.9 Å². The SMILES string of the molecule is C=C[C@@H]1C[C@@]1(NC(=O)[C@@H]1C[C@@H]2CN1C(=O)[C@H](C1CCCCC1)NC(=O)OC(C)(C)CC/C=C/c1cccc3c1CN(C3)C(=O)O2)C(=O)NS(=O)(=O)C1CC1. The maximum atomic E-state index is 14.7. The van der Waals surface area contributed by atoms with Crippen molar-refractivity contribution in [2.75, 3.05) is 6.54 Å². The Morgan fingerprint density at radius 1 is 1.06 bits per heavy atom. The van der Waals surface area contributed by atoms with Crippen LogP contribution in [0.5, 0.6) is 0 Å². The number of rotatable bonds is 7. The molecule has 7 rings (SSSR count). The van der Waals surface area contributed by atoms with E-state index < -0.39 is 80.4 Å². The van der Waals surface area contributed by atoms with Crippen LogP contribution in [0, 0.1) is 11.8 Å². The number of cyclic esters (lactones) is 1. The maximum absolute atomic E-state index is 14.7. The fourth-order valence-corrected chi connectivity index (χ4v) is 9.84. The van der Waals surface area contributed by atoms with E-state index in [9.17, 15) is 32.4 Å². The van der Waals surface area contributed by atoms with Gasteiger partial charge in [-0.25, -0.2) is 18.0 Å². The Hall–Kier alpha value is -4.40. The minimum absolute atomic E-state index is 0.0657. The number of ether oxygens (including phenoxy) is 2. The van der Waals surface area contributed by atoms with Crippen LogP contribution in [-0.2, 0) is 47.0 Å². The number of sulfonamides is 1. The second-order valence-electron chi connectivity index (χ2n) is 16.4. The monoisotopic (exact) mass is 765 g/mol. The van der Waals surface area contributed by atoms with Crippen LogP contribution in [0.1, 0.15) is 101 Å². The molecule has 0 spiro atoms. The molecule has 3 aliphatic heterocycles. The van der Waals surface area contributed by atoms with Gasteiger partial charge in [0.25, 0.3) is 5.91 Å². The Kier molecular flexibility index (Phi) is 10.3. The third kappa shape index (κ3) is 7.87. The smallest absolute Gasteiger partial charge is 0.410 e. The fourth-order valence-electron chi connectivity index (χ4n) is 8.47. The number of hydrogen-bond acceptors (Lipinski definition) is 9. The molecule has 1 aromatic rings. The molecule has 3 aliphatic carbocycles. The second kappa shape index (κ2) is 14.7. The van der Waals surface area contributed by atoms with E-state index in [0.29, 0.717) is 51.6 Å². The van der Waals surface area contributed by atoms with Gasteiger partial charge in [0, 0.05) is 18.9 Å². The lowest BCUT2D eigenvalue weighted by Crippen LogP contribution is -2.59. The Morgan fingerprint density at radius 2 is 1.81 bits per heavy atom. The van der Waals surface area contributed by atoms with Crippen molar-refractivity contribution in [1.82, 2.24) is 25.2 Å². The molecule has 14 nitrogen and oxygen atoms in total. The molecule has 1 saturated heterocycles. The zero-order chi connectivity index (χ0) is 38.4. The molecule has 4 bridgehead atoms. The Labute approximate surface area is 316 Å². The quantitative estimate of drug-likeness (QED) is 0.346. The molecule has 0 unspecified atom stereocenters. The summed E-state index contributed by atoms with van der Waals surface area (Å²) in [7, 11) is -3.91. The van der Waals surface area contributed by atoms with E-state index in [2.05, 4.69) is 21.9 Å². The molecule has 3 saturated carbocycles. The van der Waals surface area contributed by atoms with Gasteiger partial charge in [-0.15, -0.1) is 6.58 Å². The van der Waals surface area contributed by atoms with Gasteiger partial charge in [-0.05, 0) is 81.4 Å². The number of fused-ring (bicyclic) bond motifs is 3. The van der Waals surface area contributed by atoms with Gasteiger partial charge < -0.3 is 25.0 Å². The third-order valence-electron chi connectivity index (χ3n) is 11.9. The number of allylic oxidation sites excluding steroid dienone is 1. The molecular weight excluding hydrogens is 715 g/mol. The molecule has 15 heteroatoms. The highest BCUT2D eigenvalue weighted by Gasteiger charge is 2.62. The van der Waals surface area contributed by atoms with Crippen LogP contribution >= 0.6 is 0 Å². The largest absolute Gasteiger partial charge is 0.444 e. The Balaban J connectivity index is 1.19. The number of alkyl carbamates (subject to hydrolysis) is 1. The number of carbonyl (C=O) groups is 5. The van der Waals surface area contributed by atoms with Gasteiger partial charge in [-0.2, -0.15) is 0 Å². The lowest BCUT2D eigenvalue weighted by atomic mass is 9.83. The lowest BCUT2D eigenvalue weighted by molar-refractivity contribution is -0.142. The summed E-state index contributed by atoms with van der Waals surface area (Å²) in [5, 5.41) is 5.00. The van der Waals surface area contributed by atoms with Gasteiger partial charge in [0.15, 0.2) is 0 Å². The first-order chi connectivity index (χ1) is 25.7. The minimum Gasteiger partial charge on any atom is -0.444 e. The average molecular weight is 766 g/mol. The van der Waals surface area contributed by atoms with Gasteiger partial charge in [0.1, 0.15) is 29.3 Å². The lowest BCUT2D eigenvalue weighted by Gasteiger charge is -2.35. The zero-order valence-corrected chi connectivity index (χ0v) is 31.8. The van der Waals surface area contributed by atoms with Crippen molar-refractivity contribution >= 4 is 46.0 Å². The summed E-state index contributed by atoms with van der Waals surface area (Å²) in [6.07, 6.45) is 9.56. The minimum atomic E-state index is -3.91. The zero-order valence-electron chi connectivity index (χ0n) is 31.0. The molecule has 3 N–H and O–H groups in total. The molecule has 0 radical (unpaired) electrons. The summed E-state index contributed by atoms with van der Waals surface area (Å²) < 4.78 is 39.5. The van der Waals surface area contributed by atoms with Crippen LogP contribution in [0.2, 0.25) is 0 Å². The van der Waals surface area contributed by atoms with Crippen molar-refractivity contribution in [2.24, 2.45) is 11.8 Å². The van der Waals surface area contributed by atoms with Gasteiger partial charge in [0.05, 0.1) is 18.3 Å². The first-order valence-electron chi connectivity index (χ1n) is 19.2. The molecule has 0 aromatic heterocycles. The van der Waals surface area contributed by atoms with Crippen molar-refractivity contribution in [3.8, 4) is 0 Å². The van der Waals surface area contributed by atoms with E-state index in [4.69, 9.17) is 9.47 Å². The average Bonchev–Trinajstić information content (AvgIpc) is 4.02. The van der Waals surface area contributed by atoms with E-state index in [1.807, 2.05) is 44.2 Å². The molecular formula is C39H51N5O9S. The van der Waals surface area contributed by atoms with E-state index in [1.165, 1.54) is 11.0 Å². The molecule has 6 aliphatic rings. The highest BCUT2D eigenvalue weighted by Crippen LogP contribution is 2.45. The van der Waals surface area contributed by atoms with Crippen molar-refractivity contribution in [1.29, 1.82) is 0 Å². The predicted octanol–water partition coefficient (Wildman–Crippen LogP) is 4.04. The molecule has 4 fully saturated rings. The van der Waals surface area contributed by atoms with Crippen molar-refractivity contribution in [2.45, 2.75) is 132 Å². The summed E-state index contributed by atoms with van der Waals surface area (Å²) in [6.45, 7) is 7.97. The van der Waals surface area contributed by atoms with Crippen molar-refractivity contribution in [3.63, 3.8) is 0 Å².